The Kier molecular flexibility index (Phi) is 9.66. The fourth-order valence-corrected chi connectivity index (χ4v) is 3.43. The van der Waals surface area contributed by atoms with Crippen LogP contribution in [0.1, 0.15) is 26.2 Å². The molecular formula is C16H33IN4O. The summed E-state index contributed by atoms with van der Waals surface area (Å²) in [7, 11) is 4.01. The predicted octanol–water partition coefficient (Wildman–Crippen LogP) is 1.88. The first-order chi connectivity index (χ1) is 10.2. The van der Waals surface area contributed by atoms with E-state index in [2.05, 4.69) is 34.1 Å². The van der Waals surface area contributed by atoms with Crippen LogP contribution in [-0.2, 0) is 4.74 Å². The van der Waals surface area contributed by atoms with Crippen molar-refractivity contribution < 1.29 is 4.74 Å². The maximum absolute atomic E-state index is 5.46. The van der Waals surface area contributed by atoms with E-state index in [9.17, 15) is 0 Å². The molecule has 22 heavy (non-hydrogen) atoms. The Morgan fingerprint density at radius 3 is 2.82 bits per heavy atom. The molecule has 2 aliphatic heterocycles. The van der Waals surface area contributed by atoms with Crippen molar-refractivity contribution in [1.29, 1.82) is 0 Å². The van der Waals surface area contributed by atoms with E-state index < -0.39 is 0 Å². The second kappa shape index (κ2) is 10.6. The molecule has 6 heteroatoms. The van der Waals surface area contributed by atoms with Crippen LogP contribution in [0.3, 0.4) is 0 Å². The average Bonchev–Trinajstić information content (AvgIpc) is 3.01. The van der Waals surface area contributed by atoms with Gasteiger partial charge in [-0.2, -0.15) is 0 Å². The molecule has 2 fully saturated rings. The van der Waals surface area contributed by atoms with E-state index in [-0.39, 0.29) is 24.0 Å². The predicted molar refractivity (Wildman–Crippen MR) is 103 cm³/mol. The van der Waals surface area contributed by atoms with E-state index >= 15 is 0 Å². The molecule has 2 unspecified atom stereocenters. The van der Waals surface area contributed by atoms with Crippen LogP contribution >= 0.6 is 24.0 Å². The summed E-state index contributed by atoms with van der Waals surface area (Å²) in [5.41, 5.74) is 0. The number of aliphatic imine (C=N–C) groups is 1. The molecule has 2 atom stereocenters. The van der Waals surface area contributed by atoms with E-state index in [1.165, 1.54) is 38.9 Å². The minimum absolute atomic E-state index is 0. The molecular weight excluding hydrogens is 391 g/mol. The molecule has 2 heterocycles. The average molecular weight is 424 g/mol. The van der Waals surface area contributed by atoms with Crippen LogP contribution in [0.4, 0.5) is 0 Å². The van der Waals surface area contributed by atoms with Crippen LogP contribution in [0.15, 0.2) is 4.99 Å². The molecule has 0 aromatic carbocycles. The summed E-state index contributed by atoms with van der Waals surface area (Å²) < 4.78 is 5.46. The Morgan fingerprint density at radius 2 is 2.18 bits per heavy atom. The Bertz CT molecular complexity index is 334. The molecule has 2 rings (SSSR count). The Morgan fingerprint density at radius 1 is 1.36 bits per heavy atom. The summed E-state index contributed by atoms with van der Waals surface area (Å²) in [5, 5.41) is 3.57. The maximum Gasteiger partial charge on any atom is 0.193 e. The quantitative estimate of drug-likeness (QED) is 0.416. The second-order valence-corrected chi connectivity index (χ2v) is 6.44. The van der Waals surface area contributed by atoms with Crippen molar-refractivity contribution in [3.63, 3.8) is 0 Å². The Labute approximate surface area is 152 Å². The lowest BCUT2D eigenvalue weighted by molar-refractivity contribution is 0.179. The number of halogens is 1. The van der Waals surface area contributed by atoms with Crippen LogP contribution in [0, 0.1) is 11.8 Å². The van der Waals surface area contributed by atoms with Crippen molar-refractivity contribution in [2.75, 3.05) is 60.0 Å². The number of rotatable bonds is 5. The fourth-order valence-electron chi connectivity index (χ4n) is 3.43. The summed E-state index contributed by atoms with van der Waals surface area (Å²) in [6.07, 6.45) is 3.84. The van der Waals surface area contributed by atoms with Crippen LogP contribution in [0.5, 0.6) is 0 Å². The highest BCUT2D eigenvalue weighted by molar-refractivity contribution is 14.0. The number of piperidine rings is 1. The van der Waals surface area contributed by atoms with Gasteiger partial charge in [0.25, 0.3) is 0 Å². The highest BCUT2D eigenvalue weighted by atomic mass is 127. The van der Waals surface area contributed by atoms with Crippen molar-refractivity contribution in [2.45, 2.75) is 26.2 Å². The van der Waals surface area contributed by atoms with E-state index in [0.717, 1.165) is 38.2 Å². The van der Waals surface area contributed by atoms with Gasteiger partial charge in [0.1, 0.15) is 0 Å². The third-order valence-electron chi connectivity index (χ3n) is 4.73. The van der Waals surface area contributed by atoms with Crippen molar-refractivity contribution in [3.05, 3.63) is 0 Å². The highest BCUT2D eigenvalue weighted by Gasteiger charge is 2.21. The van der Waals surface area contributed by atoms with Gasteiger partial charge in [0.15, 0.2) is 5.96 Å². The zero-order valence-corrected chi connectivity index (χ0v) is 16.7. The topological polar surface area (TPSA) is 40.1 Å². The second-order valence-electron chi connectivity index (χ2n) is 6.44. The fraction of sp³-hybridized carbons (Fsp3) is 0.938. The molecule has 0 spiro atoms. The van der Waals surface area contributed by atoms with Gasteiger partial charge >= 0.3 is 0 Å². The SMILES string of the molecule is CCN1CCCC(CNC(=NC)N(C)CC2CCOC2)C1.I. The molecule has 1 N–H and O–H groups in total. The van der Waals surface area contributed by atoms with Gasteiger partial charge in [-0.05, 0) is 38.3 Å². The number of ether oxygens (including phenoxy) is 1. The third-order valence-corrected chi connectivity index (χ3v) is 4.73. The van der Waals surface area contributed by atoms with Gasteiger partial charge in [-0.25, -0.2) is 0 Å². The molecule has 5 nitrogen and oxygen atoms in total. The minimum atomic E-state index is 0. The molecule has 0 saturated carbocycles. The van der Waals surface area contributed by atoms with Gasteiger partial charge in [0.05, 0.1) is 6.61 Å². The summed E-state index contributed by atoms with van der Waals surface area (Å²) in [6.45, 7) is 9.80. The van der Waals surface area contributed by atoms with Gasteiger partial charge in [-0.3, -0.25) is 4.99 Å². The van der Waals surface area contributed by atoms with Crippen molar-refractivity contribution in [3.8, 4) is 0 Å². The zero-order chi connectivity index (χ0) is 15.1. The Hall–Kier alpha value is -0.0800. The molecule has 0 radical (unpaired) electrons. The monoisotopic (exact) mass is 424 g/mol. The first kappa shape index (κ1) is 20.0. The van der Waals surface area contributed by atoms with Crippen molar-refractivity contribution in [1.82, 2.24) is 15.1 Å². The summed E-state index contributed by atoms with van der Waals surface area (Å²) in [5.74, 6) is 2.42. The van der Waals surface area contributed by atoms with Gasteiger partial charge in [0.2, 0.25) is 0 Å². The molecule has 0 aromatic rings. The number of hydrogen-bond donors (Lipinski definition) is 1. The number of nitrogens with zero attached hydrogens (tertiary/aromatic N) is 3. The zero-order valence-electron chi connectivity index (χ0n) is 14.4. The Balaban J connectivity index is 0.00000242. The van der Waals surface area contributed by atoms with E-state index in [1.54, 1.807) is 0 Å². The number of guanidine groups is 1. The number of hydrogen-bond acceptors (Lipinski definition) is 3. The lowest BCUT2D eigenvalue weighted by Crippen LogP contribution is -2.46. The first-order valence-electron chi connectivity index (χ1n) is 8.44. The normalized spacial score (nSPS) is 26.6. The van der Waals surface area contributed by atoms with E-state index in [1.807, 2.05) is 7.05 Å². The smallest absolute Gasteiger partial charge is 0.193 e. The van der Waals surface area contributed by atoms with Crippen LogP contribution in [0.2, 0.25) is 0 Å². The molecule has 130 valence electrons. The van der Waals surface area contributed by atoms with Gasteiger partial charge in [0, 0.05) is 46.3 Å². The molecule has 0 amide bonds. The van der Waals surface area contributed by atoms with E-state index in [0.29, 0.717) is 5.92 Å². The molecule has 2 saturated heterocycles. The van der Waals surface area contributed by atoms with Gasteiger partial charge < -0.3 is 19.9 Å². The van der Waals surface area contributed by atoms with Crippen molar-refractivity contribution >= 4 is 29.9 Å². The lowest BCUT2D eigenvalue weighted by Gasteiger charge is -2.33. The van der Waals surface area contributed by atoms with Crippen LogP contribution in [-0.4, -0.2) is 75.8 Å². The molecule has 2 aliphatic rings. The standard InChI is InChI=1S/C16H32N4O.HI/c1-4-20-8-5-6-14(12-20)10-18-16(17-2)19(3)11-15-7-9-21-13-15;/h14-15H,4-13H2,1-3H3,(H,17,18);1H. The van der Waals surface area contributed by atoms with E-state index in [4.69, 9.17) is 4.74 Å². The molecule has 0 aromatic heterocycles. The first-order valence-corrected chi connectivity index (χ1v) is 8.44. The summed E-state index contributed by atoms with van der Waals surface area (Å²) >= 11 is 0. The maximum atomic E-state index is 5.46. The minimum Gasteiger partial charge on any atom is -0.381 e. The largest absolute Gasteiger partial charge is 0.381 e. The number of likely N-dealkylation sites (tertiary alicyclic amines) is 1. The third kappa shape index (κ3) is 6.20. The highest BCUT2D eigenvalue weighted by Crippen LogP contribution is 2.16. The summed E-state index contributed by atoms with van der Waals surface area (Å²) in [6, 6.07) is 0. The van der Waals surface area contributed by atoms with Crippen LogP contribution in [0.25, 0.3) is 0 Å². The summed E-state index contributed by atoms with van der Waals surface area (Å²) in [4.78, 5) is 9.23. The molecule has 0 aliphatic carbocycles. The lowest BCUT2D eigenvalue weighted by atomic mass is 9.98. The van der Waals surface area contributed by atoms with Gasteiger partial charge in [-0.15, -0.1) is 24.0 Å². The van der Waals surface area contributed by atoms with Crippen molar-refractivity contribution in [2.24, 2.45) is 16.8 Å². The molecule has 0 bridgehead atoms. The number of nitrogens with one attached hydrogen (secondary N) is 1. The van der Waals surface area contributed by atoms with Gasteiger partial charge in [-0.1, -0.05) is 6.92 Å². The van der Waals surface area contributed by atoms with Crippen LogP contribution < -0.4 is 5.32 Å².